The number of rotatable bonds is 9. The smallest absolute Gasteiger partial charge is 0.376 e. The Hall–Kier alpha value is -1.55. The SMILES string of the molecule is CCCCCc1ccc(C(=O)OOCCCC)c(O)c1. The van der Waals surface area contributed by atoms with Crippen molar-refractivity contribution in [1.82, 2.24) is 0 Å². The highest BCUT2D eigenvalue weighted by atomic mass is 17.2. The molecule has 0 atom stereocenters. The van der Waals surface area contributed by atoms with Crippen molar-refractivity contribution in [2.45, 2.75) is 52.4 Å². The molecule has 1 aromatic rings. The lowest BCUT2D eigenvalue weighted by molar-refractivity contribution is -0.241. The van der Waals surface area contributed by atoms with Crippen molar-refractivity contribution < 1.29 is 19.7 Å². The summed E-state index contributed by atoms with van der Waals surface area (Å²) in [6.45, 7) is 4.54. The standard InChI is InChI=1S/C16H24O4/c1-3-5-7-8-13-9-10-14(15(17)12-13)16(18)20-19-11-6-4-2/h9-10,12,17H,3-8,11H2,1-2H3. The Kier molecular flexibility index (Phi) is 7.73. The number of hydrogen-bond acceptors (Lipinski definition) is 4. The molecular formula is C16H24O4. The highest BCUT2D eigenvalue weighted by molar-refractivity contribution is 5.92. The van der Waals surface area contributed by atoms with E-state index in [9.17, 15) is 9.90 Å². The molecule has 0 unspecified atom stereocenters. The largest absolute Gasteiger partial charge is 0.507 e. The van der Waals surface area contributed by atoms with Gasteiger partial charge >= 0.3 is 5.97 Å². The summed E-state index contributed by atoms with van der Waals surface area (Å²) in [6.07, 6.45) is 6.11. The number of carbonyl (C=O) groups excluding carboxylic acids is 1. The molecule has 1 N–H and O–H groups in total. The van der Waals surface area contributed by atoms with Crippen molar-refractivity contribution in [1.29, 1.82) is 0 Å². The molecule has 4 heteroatoms. The lowest BCUT2D eigenvalue weighted by Crippen LogP contribution is -2.07. The minimum atomic E-state index is -0.654. The first kappa shape index (κ1) is 16.5. The van der Waals surface area contributed by atoms with Gasteiger partial charge in [0.05, 0.1) is 6.61 Å². The summed E-state index contributed by atoms with van der Waals surface area (Å²) in [6, 6.07) is 5.05. The number of phenols is 1. The minimum Gasteiger partial charge on any atom is -0.507 e. The van der Waals surface area contributed by atoms with Crippen molar-refractivity contribution in [3.63, 3.8) is 0 Å². The topological polar surface area (TPSA) is 55.8 Å². The minimum absolute atomic E-state index is 0.0527. The third kappa shape index (κ3) is 5.61. The second kappa shape index (κ2) is 9.37. The number of unbranched alkanes of at least 4 members (excludes halogenated alkanes) is 3. The number of carbonyl (C=O) groups is 1. The molecular weight excluding hydrogens is 256 g/mol. The lowest BCUT2D eigenvalue weighted by atomic mass is 10.0. The van der Waals surface area contributed by atoms with E-state index in [4.69, 9.17) is 4.89 Å². The Morgan fingerprint density at radius 2 is 1.90 bits per heavy atom. The van der Waals surface area contributed by atoms with Gasteiger partial charge in [0.1, 0.15) is 11.3 Å². The van der Waals surface area contributed by atoms with Crippen LogP contribution in [-0.2, 0) is 16.2 Å². The van der Waals surface area contributed by atoms with Gasteiger partial charge < -0.3 is 5.11 Å². The van der Waals surface area contributed by atoms with Crippen LogP contribution < -0.4 is 0 Å². The Balaban J connectivity index is 2.51. The van der Waals surface area contributed by atoms with Crippen molar-refractivity contribution in [2.24, 2.45) is 0 Å². The first-order valence-corrected chi connectivity index (χ1v) is 7.34. The molecule has 0 saturated carbocycles. The third-order valence-corrected chi connectivity index (χ3v) is 3.07. The quantitative estimate of drug-likeness (QED) is 0.422. The van der Waals surface area contributed by atoms with Gasteiger partial charge in [0.25, 0.3) is 0 Å². The Morgan fingerprint density at radius 1 is 1.15 bits per heavy atom. The number of aryl methyl sites for hydroxylation is 1. The van der Waals surface area contributed by atoms with Gasteiger partial charge in [-0.15, -0.1) is 0 Å². The van der Waals surface area contributed by atoms with Crippen LogP contribution in [0, 0.1) is 0 Å². The summed E-state index contributed by atoms with van der Waals surface area (Å²) in [4.78, 5) is 21.1. The molecule has 20 heavy (non-hydrogen) atoms. The Morgan fingerprint density at radius 3 is 2.55 bits per heavy atom. The van der Waals surface area contributed by atoms with Crippen molar-refractivity contribution in [3.05, 3.63) is 29.3 Å². The maximum absolute atomic E-state index is 11.7. The zero-order valence-corrected chi connectivity index (χ0v) is 12.4. The van der Waals surface area contributed by atoms with Gasteiger partial charge in [0, 0.05) is 0 Å². The molecule has 0 aliphatic carbocycles. The summed E-state index contributed by atoms with van der Waals surface area (Å²) in [5, 5.41) is 9.86. The molecule has 0 aliphatic heterocycles. The first-order valence-electron chi connectivity index (χ1n) is 7.34. The Labute approximate surface area is 120 Å². The van der Waals surface area contributed by atoms with Gasteiger partial charge in [-0.25, -0.2) is 4.79 Å². The molecule has 0 heterocycles. The van der Waals surface area contributed by atoms with E-state index in [0.29, 0.717) is 6.61 Å². The van der Waals surface area contributed by atoms with E-state index in [1.165, 1.54) is 0 Å². The number of aromatic hydroxyl groups is 1. The van der Waals surface area contributed by atoms with Gasteiger partial charge in [-0.3, -0.25) is 4.89 Å². The second-order valence-corrected chi connectivity index (χ2v) is 4.85. The van der Waals surface area contributed by atoms with E-state index in [2.05, 4.69) is 11.8 Å². The molecule has 4 nitrogen and oxygen atoms in total. The molecule has 0 spiro atoms. The summed E-state index contributed by atoms with van der Waals surface area (Å²) in [7, 11) is 0. The van der Waals surface area contributed by atoms with Gasteiger partial charge in [0.15, 0.2) is 0 Å². The van der Waals surface area contributed by atoms with E-state index in [-0.39, 0.29) is 11.3 Å². The summed E-state index contributed by atoms with van der Waals surface area (Å²) >= 11 is 0. The zero-order valence-electron chi connectivity index (χ0n) is 12.4. The summed E-state index contributed by atoms with van der Waals surface area (Å²) in [5.41, 5.74) is 1.17. The molecule has 0 saturated heterocycles. The normalized spacial score (nSPS) is 10.5. The van der Waals surface area contributed by atoms with Crippen LogP contribution in [0.5, 0.6) is 5.75 Å². The van der Waals surface area contributed by atoms with Crippen LogP contribution >= 0.6 is 0 Å². The molecule has 0 aromatic heterocycles. The molecule has 0 fully saturated rings. The van der Waals surface area contributed by atoms with Crippen LogP contribution in [0.15, 0.2) is 18.2 Å². The highest BCUT2D eigenvalue weighted by Crippen LogP contribution is 2.21. The summed E-state index contributed by atoms with van der Waals surface area (Å²) in [5.74, 6) is -0.707. The fourth-order valence-corrected chi connectivity index (χ4v) is 1.83. The van der Waals surface area contributed by atoms with Crippen molar-refractivity contribution in [3.8, 4) is 5.75 Å². The fraction of sp³-hybridized carbons (Fsp3) is 0.562. The molecule has 1 aromatic carbocycles. The van der Waals surface area contributed by atoms with E-state index in [1.807, 2.05) is 13.0 Å². The Bertz CT molecular complexity index is 415. The van der Waals surface area contributed by atoms with Crippen molar-refractivity contribution in [2.75, 3.05) is 6.61 Å². The molecule has 1 rings (SSSR count). The first-order chi connectivity index (χ1) is 9.69. The highest BCUT2D eigenvalue weighted by Gasteiger charge is 2.14. The predicted octanol–water partition coefficient (Wildman–Crippen LogP) is 4.01. The molecule has 0 aliphatic rings. The average Bonchev–Trinajstić information content (AvgIpc) is 2.44. The summed E-state index contributed by atoms with van der Waals surface area (Å²) < 4.78 is 0. The van der Waals surface area contributed by atoms with E-state index < -0.39 is 5.97 Å². The monoisotopic (exact) mass is 280 g/mol. The van der Waals surface area contributed by atoms with Crippen molar-refractivity contribution >= 4 is 5.97 Å². The number of hydrogen-bond donors (Lipinski definition) is 1. The van der Waals surface area contributed by atoms with Crippen LogP contribution in [0.4, 0.5) is 0 Å². The average molecular weight is 280 g/mol. The predicted molar refractivity (Wildman–Crippen MR) is 77.6 cm³/mol. The van der Waals surface area contributed by atoms with Gasteiger partial charge in [-0.2, -0.15) is 4.89 Å². The van der Waals surface area contributed by atoms with E-state index >= 15 is 0 Å². The number of benzene rings is 1. The third-order valence-electron chi connectivity index (χ3n) is 3.07. The van der Waals surface area contributed by atoms with Crippen LogP contribution in [0.1, 0.15) is 61.9 Å². The van der Waals surface area contributed by atoms with Crippen LogP contribution in [0.3, 0.4) is 0 Å². The maximum atomic E-state index is 11.7. The van der Waals surface area contributed by atoms with Crippen LogP contribution in [-0.4, -0.2) is 17.7 Å². The maximum Gasteiger partial charge on any atom is 0.376 e. The van der Waals surface area contributed by atoms with Gasteiger partial charge in [0.2, 0.25) is 0 Å². The lowest BCUT2D eigenvalue weighted by Gasteiger charge is -2.07. The van der Waals surface area contributed by atoms with Crippen LogP contribution in [0.25, 0.3) is 0 Å². The molecule has 0 amide bonds. The zero-order chi connectivity index (χ0) is 14.8. The van der Waals surface area contributed by atoms with E-state index in [1.54, 1.807) is 12.1 Å². The fourth-order valence-electron chi connectivity index (χ4n) is 1.83. The molecule has 112 valence electrons. The number of phenolic OH excluding ortho intramolecular Hbond substituents is 1. The second-order valence-electron chi connectivity index (χ2n) is 4.85. The van der Waals surface area contributed by atoms with Gasteiger partial charge in [-0.1, -0.05) is 39.2 Å². The van der Waals surface area contributed by atoms with E-state index in [0.717, 1.165) is 44.1 Å². The molecule has 0 bridgehead atoms. The molecule has 0 radical (unpaired) electrons. The van der Waals surface area contributed by atoms with Gasteiger partial charge in [-0.05, 0) is 37.0 Å². The van der Waals surface area contributed by atoms with Crippen LogP contribution in [0.2, 0.25) is 0 Å².